The molecule has 0 bridgehead atoms. The number of carbonyl (C=O) groups excluding carboxylic acids is 2. The van der Waals surface area contributed by atoms with Crippen molar-refractivity contribution < 1.29 is 22.7 Å². The fraction of sp³-hybridized carbons (Fsp3) is 0.625. The van der Waals surface area contributed by atoms with E-state index in [2.05, 4.69) is 11.4 Å². The highest BCUT2D eigenvalue weighted by Gasteiger charge is 2.30. The van der Waals surface area contributed by atoms with Crippen molar-refractivity contribution in [2.75, 3.05) is 31.2 Å². The molecule has 1 aromatic heterocycles. The summed E-state index contributed by atoms with van der Waals surface area (Å²) in [5.74, 6) is -0.520. The molecular weight excluding hydrogens is 364 g/mol. The first kappa shape index (κ1) is 18.3. The Morgan fingerprint density at radius 1 is 1.40 bits per heavy atom. The molecule has 0 spiro atoms. The van der Waals surface area contributed by atoms with Crippen molar-refractivity contribution in [1.29, 1.82) is 0 Å². The molecule has 2 atom stereocenters. The van der Waals surface area contributed by atoms with Crippen LogP contribution in [0.3, 0.4) is 0 Å². The van der Waals surface area contributed by atoms with Gasteiger partial charge in [0.1, 0.15) is 12.1 Å². The number of nitrogens with zero attached hydrogens (tertiary/aromatic N) is 1. The second-order valence-corrected chi connectivity index (χ2v) is 9.64. The van der Waals surface area contributed by atoms with E-state index in [4.69, 9.17) is 4.74 Å². The van der Waals surface area contributed by atoms with Crippen LogP contribution in [0.2, 0.25) is 0 Å². The van der Waals surface area contributed by atoms with Gasteiger partial charge in [-0.25, -0.2) is 8.42 Å². The number of ether oxygens (including phenoxy) is 1. The zero-order valence-electron chi connectivity index (χ0n) is 14.1. The molecule has 1 fully saturated rings. The van der Waals surface area contributed by atoms with Crippen LogP contribution < -0.4 is 5.32 Å². The van der Waals surface area contributed by atoms with Gasteiger partial charge in [-0.15, -0.1) is 11.3 Å². The SMILES string of the molecule is CC(NC(=O)CC1OCCc2ccsc21)C(=O)N1CCS(=O)(=O)CC1. The molecule has 2 amide bonds. The van der Waals surface area contributed by atoms with Crippen molar-refractivity contribution in [2.45, 2.75) is 31.9 Å². The van der Waals surface area contributed by atoms with Gasteiger partial charge in [0, 0.05) is 18.0 Å². The fourth-order valence-corrected chi connectivity index (χ4v) is 5.32. The predicted octanol–water partition coefficient (Wildman–Crippen LogP) is 0.514. The highest BCUT2D eigenvalue weighted by Crippen LogP contribution is 2.33. The summed E-state index contributed by atoms with van der Waals surface area (Å²) in [5.41, 5.74) is 1.23. The summed E-state index contributed by atoms with van der Waals surface area (Å²) in [6.07, 6.45) is 0.787. The molecule has 0 radical (unpaired) electrons. The summed E-state index contributed by atoms with van der Waals surface area (Å²) < 4.78 is 28.6. The van der Waals surface area contributed by atoms with Crippen molar-refractivity contribution in [3.05, 3.63) is 21.9 Å². The standard InChI is InChI=1S/C16H22N2O5S2/c1-11(16(20)18-4-8-25(21,22)9-5-18)17-14(19)10-13-15-12(2-6-23-13)3-7-24-15/h3,7,11,13H,2,4-6,8-10H2,1H3,(H,17,19). The van der Waals surface area contributed by atoms with E-state index >= 15 is 0 Å². The maximum atomic E-state index is 12.4. The van der Waals surface area contributed by atoms with E-state index in [1.54, 1.807) is 18.3 Å². The molecule has 7 nitrogen and oxygen atoms in total. The van der Waals surface area contributed by atoms with Crippen LogP contribution in [0.5, 0.6) is 0 Å². The van der Waals surface area contributed by atoms with Crippen LogP contribution in [0.4, 0.5) is 0 Å². The average Bonchev–Trinajstić information content (AvgIpc) is 3.04. The van der Waals surface area contributed by atoms with Gasteiger partial charge >= 0.3 is 0 Å². The number of nitrogens with one attached hydrogen (secondary N) is 1. The van der Waals surface area contributed by atoms with Crippen molar-refractivity contribution in [3.63, 3.8) is 0 Å². The van der Waals surface area contributed by atoms with Crippen LogP contribution >= 0.6 is 11.3 Å². The fourth-order valence-electron chi connectivity index (χ4n) is 3.11. The summed E-state index contributed by atoms with van der Waals surface area (Å²) in [6, 6.07) is 1.38. The Morgan fingerprint density at radius 2 is 2.12 bits per heavy atom. The van der Waals surface area contributed by atoms with Gasteiger partial charge in [-0.3, -0.25) is 9.59 Å². The largest absolute Gasteiger partial charge is 0.372 e. The lowest BCUT2D eigenvalue weighted by Crippen LogP contribution is -2.51. The van der Waals surface area contributed by atoms with Gasteiger partial charge in [-0.05, 0) is 30.4 Å². The molecule has 2 unspecified atom stereocenters. The smallest absolute Gasteiger partial charge is 0.244 e. The first-order valence-corrected chi connectivity index (χ1v) is 11.0. The molecule has 0 aromatic carbocycles. The quantitative estimate of drug-likeness (QED) is 0.814. The van der Waals surface area contributed by atoms with Crippen LogP contribution in [0.15, 0.2) is 11.4 Å². The normalized spacial score (nSPS) is 23.6. The van der Waals surface area contributed by atoms with Crippen LogP contribution in [0.1, 0.15) is 29.9 Å². The van der Waals surface area contributed by atoms with Crippen LogP contribution in [-0.4, -0.2) is 62.4 Å². The van der Waals surface area contributed by atoms with E-state index in [-0.39, 0.29) is 48.9 Å². The van der Waals surface area contributed by atoms with Gasteiger partial charge in [-0.2, -0.15) is 0 Å². The Hall–Kier alpha value is -1.45. The van der Waals surface area contributed by atoms with Crippen molar-refractivity contribution in [2.24, 2.45) is 0 Å². The summed E-state index contributed by atoms with van der Waals surface area (Å²) in [4.78, 5) is 27.3. The molecule has 3 rings (SSSR count). The first-order chi connectivity index (χ1) is 11.9. The number of thiophene rings is 1. The van der Waals surface area contributed by atoms with E-state index in [1.807, 2.05) is 5.38 Å². The van der Waals surface area contributed by atoms with E-state index in [1.165, 1.54) is 10.5 Å². The van der Waals surface area contributed by atoms with Crippen LogP contribution in [-0.2, 0) is 30.6 Å². The van der Waals surface area contributed by atoms with Gasteiger partial charge in [0.2, 0.25) is 11.8 Å². The maximum absolute atomic E-state index is 12.4. The van der Waals surface area contributed by atoms with Crippen molar-refractivity contribution >= 4 is 33.0 Å². The molecule has 138 valence electrons. The Morgan fingerprint density at radius 3 is 2.84 bits per heavy atom. The molecule has 2 aliphatic heterocycles. The summed E-state index contributed by atoms with van der Waals surface area (Å²) in [7, 11) is -3.04. The third-order valence-corrected chi connectivity index (χ3v) is 7.20. The van der Waals surface area contributed by atoms with Crippen LogP contribution in [0, 0.1) is 0 Å². The summed E-state index contributed by atoms with van der Waals surface area (Å²) in [6.45, 7) is 2.59. The Kier molecular flexibility index (Phi) is 5.45. The van der Waals surface area contributed by atoms with E-state index in [0.717, 1.165) is 11.3 Å². The highest BCUT2D eigenvalue weighted by molar-refractivity contribution is 7.91. The topological polar surface area (TPSA) is 92.8 Å². The zero-order chi connectivity index (χ0) is 18.0. The Labute approximate surface area is 151 Å². The average molecular weight is 386 g/mol. The van der Waals surface area contributed by atoms with Crippen molar-refractivity contribution in [3.8, 4) is 0 Å². The predicted molar refractivity (Wildman–Crippen MR) is 94.2 cm³/mol. The first-order valence-electron chi connectivity index (χ1n) is 8.32. The lowest BCUT2D eigenvalue weighted by Gasteiger charge is -2.29. The molecule has 25 heavy (non-hydrogen) atoms. The number of fused-ring (bicyclic) bond motifs is 1. The lowest BCUT2D eigenvalue weighted by atomic mass is 10.1. The van der Waals surface area contributed by atoms with Gasteiger partial charge in [0.25, 0.3) is 0 Å². The summed E-state index contributed by atoms with van der Waals surface area (Å²) >= 11 is 1.59. The zero-order valence-corrected chi connectivity index (χ0v) is 15.7. The molecule has 0 saturated carbocycles. The third-order valence-electron chi connectivity index (χ3n) is 4.54. The molecule has 1 N–H and O–H groups in total. The molecule has 1 saturated heterocycles. The van der Waals surface area contributed by atoms with Gasteiger partial charge in [-0.1, -0.05) is 0 Å². The van der Waals surface area contributed by atoms with Gasteiger partial charge < -0.3 is 15.0 Å². The minimum atomic E-state index is -3.04. The molecule has 9 heteroatoms. The molecule has 0 aliphatic carbocycles. The number of rotatable bonds is 4. The number of hydrogen-bond acceptors (Lipinski definition) is 6. The van der Waals surface area contributed by atoms with E-state index < -0.39 is 15.9 Å². The number of carbonyl (C=O) groups is 2. The van der Waals surface area contributed by atoms with Gasteiger partial charge in [0.15, 0.2) is 9.84 Å². The van der Waals surface area contributed by atoms with Crippen LogP contribution in [0.25, 0.3) is 0 Å². The second-order valence-electron chi connectivity index (χ2n) is 6.39. The highest BCUT2D eigenvalue weighted by atomic mass is 32.2. The minimum absolute atomic E-state index is 0.0174. The summed E-state index contributed by atoms with van der Waals surface area (Å²) in [5, 5.41) is 4.71. The molecule has 1 aromatic rings. The Bertz CT molecular complexity index is 744. The van der Waals surface area contributed by atoms with E-state index in [9.17, 15) is 18.0 Å². The second kappa shape index (κ2) is 7.43. The minimum Gasteiger partial charge on any atom is -0.372 e. The molecule has 2 aliphatic rings. The monoisotopic (exact) mass is 386 g/mol. The van der Waals surface area contributed by atoms with Gasteiger partial charge in [0.05, 0.1) is 24.5 Å². The van der Waals surface area contributed by atoms with E-state index in [0.29, 0.717) is 6.61 Å². The number of sulfone groups is 1. The maximum Gasteiger partial charge on any atom is 0.244 e. The molecular formula is C16H22N2O5S2. The van der Waals surface area contributed by atoms with Crippen molar-refractivity contribution in [1.82, 2.24) is 10.2 Å². The molecule has 3 heterocycles. The Balaban J connectivity index is 1.52. The number of hydrogen-bond donors (Lipinski definition) is 1. The lowest BCUT2D eigenvalue weighted by molar-refractivity contribution is -0.136. The number of amides is 2. The third kappa shape index (κ3) is 4.39.